The van der Waals surface area contributed by atoms with Crippen LogP contribution in [-0.4, -0.2) is 32.9 Å². The summed E-state index contributed by atoms with van der Waals surface area (Å²) >= 11 is 0. The van der Waals surface area contributed by atoms with Gasteiger partial charge in [0.1, 0.15) is 5.75 Å². The van der Waals surface area contributed by atoms with Gasteiger partial charge < -0.3 is 9.64 Å². The summed E-state index contributed by atoms with van der Waals surface area (Å²) in [5, 5.41) is 0. The standard InChI is InChI=1S/C24H26N2O4S/c1-4-30-22-10-5-7-19(15-22)17-26(3)24(27)20-8-6-9-21(16-20)25-31(28,29)23-13-11-18(2)12-14-23/h5-16,25H,4,17H2,1-3H3. The van der Waals surface area contributed by atoms with E-state index in [9.17, 15) is 13.2 Å². The SMILES string of the molecule is CCOc1cccc(CN(C)C(=O)c2cccc(NS(=O)(=O)c3ccc(C)cc3)c2)c1. The summed E-state index contributed by atoms with van der Waals surface area (Å²) in [6.45, 7) is 4.79. The minimum absolute atomic E-state index is 0.168. The van der Waals surface area contributed by atoms with E-state index in [-0.39, 0.29) is 10.8 Å². The molecule has 7 heteroatoms. The average molecular weight is 439 g/mol. The Hall–Kier alpha value is -3.32. The van der Waals surface area contributed by atoms with Crippen molar-refractivity contribution in [3.63, 3.8) is 0 Å². The van der Waals surface area contributed by atoms with E-state index in [1.165, 1.54) is 0 Å². The molecule has 0 saturated heterocycles. The summed E-state index contributed by atoms with van der Waals surface area (Å²) in [5.41, 5.74) is 2.64. The van der Waals surface area contributed by atoms with Crippen LogP contribution in [0.25, 0.3) is 0 Å². The van der Waals surface area contributed by atoms with Gasteiger partial charge in [-0.25, -0.2) is 8.42 Å². The second kappa shape index (κ2) is 9.66. The molecule has 0 radical (unpaired) electrons. The quantitative estimate of drug-likeness (QED) is 0.563. The molecule has 1 N–H and O–H groups in total. The number of aryl methyl sites for hydroxylation is 1. The minimum atomic E-state index is -3.74. The first-order valence-electron chi connectivity index (χ1n) is 9.95. The molecule has 162 valence electrons. The lowest BCUT2D eigenvalue weighted by Crippen LogP contribution is -2.26. The van der Waals surface area contributed by atoms with Crippen molar-refractivity contribution in [3.05, 3.63) is 89.5 Å². The molecule has 0 aliphatic rings. The van der Waals surface area contributed by atoms with Gasteiger partial charge in [0.15, 0.2) is 0 Å². The molecule has 0 bridgehead atoms. The van der Waals surface area contributed by atoms with E-state index in [0.29, 0.717) is 24.4 Å². The van der Waals surface area contributed by atoms with Crippen LogP contribution in [0.2, 0.25) is 0 Å². The summed E-state index contributed by atoms with van der Waals surface area (Å²) < 4.78 is 33.3. The summed E-state index contributed by atoms with van der Waals surface area (Å²) in [6, 6.07) is 20.7. The van der Waals surface area contributed by atoms with Crippen LogP contribution in [0.4, 0.5) is 5.69 Å². The molecule has 0 fully saturated rings. The van der Waals surface area contributed by atoms with Crippen LogP contribution in [0, 0.1) is 6.92 Å². The Balaban J connectivity index is 1.73. The maximum Gasteiger partial charge on any atom is 0.261 e. The molecule has 3 aromatic carbocycles. The van der Waals surface area contributed by atoms with Crippen molar-refractivity contribution in [1.29, 1.82) is 0 Å². The first-order chi connectivity index (χ1) is 14.8. The molecule has 3 aromatic rings. The molecule has 3 rings (SSSR count). The molecule has 0 aromatic heterocycles. The molecule has 0 aliphatic heterocycles. The number of carbonyl (C=O) groups is 1. The zero-order valence-corrected chi connectivity index (χ0v) is 18.6. The highest BCUT2D eigenvalue weighted by Crippen LogP contribution is 2.20. The number of sulfonamides is 1. The van der Waals surface area contributed by atoms with Crippen molar-refractivity contribution in [2.75, 3.05) is 18.4 Å². The Morgan fingerprint density at radius 2 is 1.71 bits per heavy atom. The third-order valence-electron chi connectivity index (χ3n) is 4.67. The largest absolute Gasteiger partial charge is 0.494 e. The zero-order valence-electron chi connectivity index (χ0n) is 17.8. The third-order valence-corrected chi connectivity index (χ3v) is 6.07. The minimum Gasteiger partial charge on any atom is -0.494 e. The maximum absolute atomic E-state index is 12.9. The second-order valence-corrected chi connectivity index (χ2v) is 8.92. The van der Waals surface area contributed by atoms with E-state index >= 15 is 0 Å². The van der Waals surface area contributed by atoms with Gasteiger partial charge in [-0.1, -0.05) is 35.9 Å². The normalized spacial score (nSPS) is 11.1. The molecule has 0 atom stereocenters. The Labute approximate surface area is 183 Å². The molecule has 1 amide bonds. The second-order valence-electron chi connectivity index (χ2n) is 7.24. The maximum atomic E-state index is 12.9. The number of nitrogens with one attached hydrogen (secondary N) is 1. The number of anilines is 1. The number of benzene rings is 3. The molecule has 0 aliphatic carbocycles. The van der Waals surface area contributed by atoms with Gasteiger partial charge in [-0.15, -0.1) is 0 Å². The highest BCUT2D eigenvalue weighted by molar-refractivity contribution is 7.92. The zero-order chi connectivity index (χ0) is 22.4. The predicted octanol–water partition coefficient (Wildman–Crippen LogP) is 4.47. The van der Waals surface area contributed by atoms with Gasteiger partial charge in [-0.05, 0) is 61.9 Å². The Morgan fingerprint density at radius 3 is 2.42 bits per heavy atom. The summed E-state index contributed by atoms with van der Waals surface area (Å²) in [7, 11) is -2.03. The van der Waals surface area contributed by atoms with Crippen molar-refractivity contribution in [3.8, 4) is 5.75 Å². The fourth-order valence-electron chi connectivity index (χ4n) is 3.11. The van der Waals surface area contributed by atoms with Crippen molar-refractivity contribution < 1.29 is 17.9 Å². The molecule has 0 saturated carbocycles. The number of ether oxygens (including phenoxy) is 1. The fraction of sp³-hybridized carbons (Fsp3) is 0.208. The van der Waals surface area contributed by atoms with E-state index in [1.54, 1.807) is 60.5 Å². The van der Waals surface area contributed by atoms with Crippen LogP contribution < -0.4 is 9.46 Å². The predicted molar refractivity (Wildman–Crippen MR) is 122 cm³/mol. The van der Waals surface area contributed by atoms with E-state index in [1.807, 2.05) is 38.1 Å². The molecule has 0 heterocycles. The number of rotatable bonds is 8. The number of amides is 1. The van der Waals surface area contributed by atoms with Gasteiger partial charge in [0.25, 0.3) is 15.9 Å². The van der Waals surface area contributed by atoms with Crippen LogP contribution in [-0.2, 0) is 16.6 Å². The fourth-order valence-corrected chi connectivity index (χ4v) is 4.16. The summed E-state index contributed by atoms with van der Waals surface area (Å²) in [4.78, 5) is 14.7. The number of hydrogen-bond donors (Lipinski definition) is 1. The summed E-state index contributed by atoms with van der Waals surface area (Å²) in [5.74, 6) is 0.548. The first kappa shape index (κ1) is 22.4. The highest BCUT2D eigenvalue weighted by Gasteiger charge is 2.17. The Kier molecular flexibility index (Phi) is 6.97. The van der Waals surface area contributed by atoms with Gasteiger partial charge in [-0.2, -0.15) is 0 Å². The highest BCUT2D eigenvalue weighted by atomic mass is 32.2. The van der Waals surface area contributed by atoms with Crippen LogP contribution in [0.5, 0.6) is 5.75 Å². The molecule has 6 nitrogen and oxygen atoms in total. The van der Waals surface area contributed by atoms with Gasteiger partial charge in [0, 0.05) is 24.8 Å². The number of hydrogen-bond acceptors (Lipinski definition) is 4. The van der Waals surface area contributed by atoms with Gasteiger partial charge in [0.2, 0.25) is 0 Å². The molecule has 0 spiro atoms. The number of carbonyl (C=O) groups excluding carboxylic acids is 1. The van der Waals surface area contributed by atoms with E-state index < -0.39 is 10.0 Å². The lowest BCUT2D eigenvalue weighted by atomic mass is 10.1. The van der Waals surface area contributed by atoms with Crippen LogP contribution >= 0.6 is 0 Å². The molecular formula is C24H26N2O4S. The smallest absolute Gasteiger partial charge is 0.261 e. The molecule has 31 heavy (non-hydrogen) atoms. The van der Waals surface area contributed by atoms with E-state index in [4.69, 9.17) is 4.74 Å². The lowest BCUT2D eigenvalue weighted by molar-refractivity contribution is 0.0785. The van der Waals surface area contributed by atoms with Gasteiger partial charge in [-0.3, -0.25) is 9.52 Å². The lowest BCUT2D eigenvalue weighted by Gasteiger charge is -2.18. The average Bonchev–Trinajstić information content (AvgIpc) is 2.74. The van der Waals surface area contributed by atoms with Gasteiger partial charge >= 0.3 is 0 Å². The van der Waals surface area contributed by atoms with Crippen LogP contribution in [0.1, 0.15) is 28.4 Å². The monoisotopic (exact) mass is 438 g/mol. The van der Waals surface area contributed by atoms with Gasteiger partial charge in [0.05, 0.1) is 11.5 Å². The topological polar surface area (TPSA) is 75.7 Å². The van der Waals surface area contributed by atoms with Crippen LogP contribution in [0.15, 0.2) is 77.7 Å². The Morgan fingerprint density at radius 1 is 1.00 bits per heavy atom. The van der Waals surface area contributed by atoms with E-state index in [0.717, 1.165) is 16.9 Å². The number of nitrogens with zero attached hydrogens (tertiary/aromatic N) is 1. The summed E-state index contributed by atoms with van der Waals surface area (Å²) in [6.07, 6.45) is 0. The molecule has 0 unspecified atom stereocenters. The van der Waals surface area contributed by atoms with Crippen molar-refractivity contribution >= 4 is 21.6 Å². The third kappa shape index (κ3) is 5.86. The van der Waals surface area contributed by atoms with Crippen molar-refractivity contribution in [2.45, 2.75) is 25.3 Å². The first-order valence-corrected chi connectivity index (χ1v) is 11.4. The van der Waals surface area contributed by atoms with E-state index in [2.05, 4.69) is 4.72 Å². The van der Waals surface area contributed by atoms with Crippen molar-refractivity contribution in [1.82, 2.24) is 4.90 Å². The van der Waals surface area contributed by atoms with Crippen molar-refractivity contribution in [2.24, 2.45) is 0 Å². The van der Waals surface area contributed by atoms with Crippen LogP contribution in [0.3, 0.4) is 0 Å². The molecular weight excluding hydrogens is 412 g/mol. The Bertz CT molecular complexity index is 1160.